The van der Waals surface area contributed by atoms with Crippen LogP contribution in [0.4, 0.5) is 0 Å². The molecule has 2 atom stereocenters. The lowest BCUT2D eigenvalue weighted by molar-refractivity contribution is 0.0107. The van der Waals surface area contributed by atoms with Crippen molar-refractivity contribution in [3.05, 3.63) is 34.9 Å². The molecule has 0 unspecified atom stereocenters. The summed E-state index contributed by atoms with van der Waals surface area (Å²) in [6.07, 6.45) is 5.52. The van der Waals surface area contributed by atoms with E-state index in [4.69, 9.17) is 4.74 Å². The van der Waals surface area contributed by atoms with Crippen molar-refractivity contribution < 1.29 is 9.84 Å². The van der Waals surface area contributed by atoms with Crippen LogP contribution in [-0.2, 0) is 6.42 Å². The Labute approximate surface area is 121 Å². The highest BCUT2D eigenvalue weighted by molar-refractivity contribution is 5.53. The molecule has 2 nitrogen and oxygen atoms in total. The van der Waals surface area contributed by atoms with Gasteiger partial charge < -0.3 is 9.84 Å². The standard InChI is InChI=1S/C18H24O2/c1-5-12-9-15(19)17-13-8-11(2)6-7-14(13)18(3,4)20-16(17)10-12/h8-10,13-14,19H,5-7H2,1-4H3/t13-,14+/m0/s1. The number of hydrogen-bond acceptors (Lipinski definition) is 2. The monoisotopic (exact) mass is 272 g/mol. The van der Waals surface area contributed by atoms with E-state index in [9.17, 15) is 5.11 Å². The van der Waals surface area contributed by atoms with E-state index < -0.39 is 0 Å². The number of fused-ring (bicyclic) bond motifs is 3. The van der Waals surface area contributed by atoms with Gasteiger partial charge in [0.1, 0.15) is 17.1 Å². The summed E-state index contributed by atoms with van der Waals surface area (Å²) in [5.41, 5.74) is 3.37. The molecule has 0 amide bonds. The van der Waals surface area contributed by atoms with Crippen molar-refractivity contribution in [2.75, 3.05) is 0 Å². The molecule has 1 heterocycles. The van der Waals surface area contributed by atoms with E-state index >= 15 is 0 Å². The number of allylic oxidation sites excluding steroid dienone is 2. The fourth-order valence-electron chi connectivity index (χ4n) is 3.78. The van der Waals surface area contributed by atoms with Gasteiger partial charge in [-0.3, -0.25) is 0 Å². The molecule has 0 aromatic heterocycles. The molecule has 1 aromatic carbocycles. The molecule has 3 rings (SSSR count). The van der Waals surface area contributed by atoms with Crippen LogP contribution in [0, 0.1) is 5.92 Å². The van der Waals surface area contributed by atoms with Crippen molar-refractivity contribution >= 4 is 0 Å². The van der Waals surface area contributed by atoms with Crippen LogP contribution in [0.3, 0.4) is 0 Å². The first-order chi connectivity index (χ1) is 9.42. The highest BCUT2D eigenvalue weighted by Crippen LogP contribution is 2.53. The number of ether oxygens (including phenoxy) is 1. The van der Waals surface area contributed by atoms with Crippen LogP contribution in [0.1, 0.15) is 57.6 Å². The molecule has 1 N–H and O–H groups in total. The molecule has 0 saturated carbocycles. The van der Waals surface area contributed by atoms with Crippen LogP contribution >= 0.6 is 0 Å². The second-order valence-corrected chi connectivity index (χ2v) is 6.77. The van der Waals surface area contributed by atoms with Crippen molar-refractivity contribution in [1.82, 2.24) is 0 Å². The van der Waals surface area contributed by atoms with E-state index in [1.807, 2.05) is 6.07 Å². The first-order valence-electron chi connectivity index (χ1n) is 7.64. The predicted molar refractivity (Wildman–Crippen MR) is 81.4 cm³/mol. The zero-order valence-electron chi connectivity index (χ0n) is 12.9. The van der Waals surface area contributed by atoms with Crippen molar-refractivity contribution in [3.63, 3.8) is 0 Å². The Morgan fingerprint density at radius 1 is 1.35 bits per heavy atom. The van der Waals surface area contributed by atoms with E-state index in [0.29, 0.717) is 11.7 Å². The van der Waals surface area contributed by atoms with Crippen LogP contribution in [-0.4, -0.2) is 10.7 Å². The molecule has 108 valence electrons. The molecule has 0 bridgehead atoms. The van der Waals surface area contributed by atoms with Crippen LogP contribution < -0.4 is 4.74 Å². The second kappa shape index (κ2) is 4.54. The predicted octanol–water partition coefficient (Wildman–Crippen LogP) is 4.57. The molecule has 1 aliphatic carbocycles. The number of rotatable bonds is 1. The molecule has 0 fully saturated rings. The second-order valence-electron chi connectivity index (χ2n) is 6.77. The van der Waals surface area contributed by atoms with Gasteiger partial charge in [0.25, 0.3) is 0 Å². The van der Waals surface area contributed by atoms with Crippen LogP contribution in [0.2, 0.25) is 0 Å². The highest BCUT2D eigenvalue weighted by atomic mass is 16.5. The smallest absolute Gasteiger partial charge is 0.127 e. The zero-order valence-corrected chi connectivity index (χ0v) is 12.9. The average molecular weight is 272 g/mol. The third-order valence-corrected chi connectivity index (χ3v) is 4.93. The van der Waals surface area contributed by atoms with Crippen LogP contribution in [0.15, 0.2) is 23.8 Å². The number of benzene rings is 1. The number of phenols is 1. The molecule has 0 spiro atoms. The van der Waals surface area contributed by atoms with Gasteiger partial charge in [-0.25, -0.2) is 0 Å². The minimum Gasteiger partial charge on any atom is -0.507 e. The summed E-state index contributed by atoms with van der Waals surface area (Å²) in [7, 11) is 0. The summed E-state index contributed by atoms with van der Waals surface area (Å²) in [5.74, 6) is 2.00. The Balaban J connectivity index is 2.18. The normalized spacial score (nSPS) is 27.1. The fraction of sp³-hybridized carbons (Fsp3) is 0.556. The molecule has 0 saturated heterocycles. The van der Waals surface area contributed by atoms with Crippen molar-refractivity contribution in [1.29, 1.82) is 0 Å². The largest absolute Gasteiger partial charge is 0.507 e. The Kier molecular flexibility index (Phi) is 3.07. The molecule has 20 heavy (non-hydrogen) atoms. The molecule has 0 radical (unpaired) electrons. The van der Waals surface area contributed by atoms with Crippen LogP contribution in [0.25, 0.3) is 0 Å². The maximum Gasteiger partial charge on any atom is 0.127 e. The first kappa shape index (κ1) is 13.5. The molecule has 2 aliphatic rings. The van der Waals surface area contributed by atoms with Crippen LogP contribution in [0.5, 0.6) is 11.5 Å². The van der Waals surface area contributed by atoms with Crippen molar-refractivity contribution in [2.24, 2.45) is 5.92 Å². The van der Waals surface area contributed by atoms with Gasteiger partial charge in [0.05, 0.1) is 0 Å². The van der Waals surface area contributed by atoms with Gasteiger partial charge in [0.15, 0.2) is 0 Å². The Morgan fingerprint density at radius 2 is 2.10 bits per heavy atom. The summed E-state index contributed by atoms with van der Waals surface area (Å²) in [4.78, 5) is 0. The Morgan fingerprint density at radius 3 is 2.80 bits per heavy atom. The summed E-state index contributed by atoms with van der Waals surface area (Å²) >= 11 is 0. The molecule has 1 aliphatic heterocycles. The number of phenolic OH excluding ortho intramolecular Hbond substituents is 1. The van der Waals surface area contributed by atoms with Crippen molar-refractivity contribution in [2.45, 2.75) is 58.5 Å². The minimum absolute atomic E-state index is 0.173. The highest BCUT2D eigenvalue weighted by Gasteiger charge is 2.45. The lowest BCUT2D eigenvalue weighted by Gasteiger charge is -2.46. The van der Waals surface area contributed by atoms with Gasteiger partial charge in [-0.05, 0) is 57.7 Å². The Hall–Kier alpha value is -1.44. The quantitative estimate of drug-likeness (QED) is 0.759. The Bertz CT molecular complexity index is 569. The van der Waals surface area contributed by atoms with Gasteiger partial charge in [-0.2, -0.15) is 0 Å². The van der Waals surface area contributed by atoms with Crippen molar-refractivity contribution in [3.8, 4) is 11.5 Å². The van der Waals surface area contributed by atoms with Gasteiger partial charge in [0, 0.05) is 17.4 Å². The minimum atomic E-state index is -0.173. The van der Waals surface area contributed by atoms with Gasteiger partial charge >= 0.3 is 0 Å². The first-order valence-corrected chi connectivity index (χ1v) is 7.64. The molecule has 1 aromatic rings. The molecule has 2 heteroatoms. The summed E-state index contributed by atoms with van der Waals surface area (Å²) < 4.78 is 6.26. The third-order valence-electron chi connectivity index (χ3n) is 4.93. The summed E-state index contributed by atoms with van der Waals surface area (Å²) in [6.45, 7) is 8.65. The third kappa shape index (κ3) is 2.02. The molecular weight excluding hydrogens is 248 g/mol. The lowest BCUT2D eigenvalue weighted by atomic mass is 9.68. The topological polar surface area (TPSA) is 29.5 Å². The van der Waals surface area contributed by atoms with E-state index in [1.165, 1.54) is 5.57 Å². The lowest BCUT2D eigenvalue weighted by Crippen LogP contribution is -2.45. The maximum absolute atomic E-state index is 10.5. The van der Waals surface area contributed by atoms with Gasteiger partial charge in [-0.15, -0.1) is 0 Å². The van der Waals surface area contributed by atoms with Gasteiger partial charge in [0.2, 0.25) is 0 Å². The number of aromatic hydroxyl groups is 1. The number of aryl methyl sites for hydroxylation is 1. The van der Waals surface area contributed by atoms with E-state index in [-0.39, 0.29) is 11.5 Å². The van der Waals surface area contributed by atoms with E-state index in [2.05, 4.69) is 39.8 Å². The fourth-order valence-corrected chi connectivity index (χ4v) is 3.78. The van der Waals surface area contributed by atoms with E-state index in [1.54, 1.807) is 0 Å². The molecular formula is C18H24O2. The summed E-state index contributed by atoms with van der Waals surface area (Å²) in [5, 5.41) is 10.5. The van der Waals surface area contributed by atoms with Gasteiger partial charge in [-0.1, -0.05) is 18.6 Å². The SMILES string of the molecule is CCc1cc(O)c2c(c1)OC(C)(C)[C@@H]1CCC(C)=C[C@H]21. The average Bonchev–Trinajstić information content (AvgIpc) is 2.36. The van der Waals surface area contributed by atoms with E-state index in [0.717, 1.165) is 36.1 Å². The zero-order chi connectivity index (χ0) is 14.5. The summed E-state index contributed by atoms with van der Waals surface area (Å²) in [6, 6.07) is 4.00. The number of hydrogen-bond donors (Lipinski definition) is 1. The maximum atomic E-state index is 10.5.